The summed E-state index contributed by atoms with van der Waals surface area (Å²) in [5.41, 5.74) is 1.67. The first kappa shape index (κ1) is 41.1. The Morgan fingerprint density at radius 2 is 1.38 bits per heavy atom. The van der Waals surface area contributed by atoms with Gasteiger partial charge in [0, 0.05) is 5.56 Å². The van der Waals surface area contributed by atoms with Gasteiger partial charge in [-0.3, -0.25) is 9.59 Å². The van der Waals surface area contributed by atoms with Crippen molar-refractivity contribution in [1.29, 1.82) is 0 Å². The monoisotopic (exact) mass is 659 g/mol. The van der Waals surface area contributed by atoms with Gasteiger partial charge in [0.05, 0.1) is 23.7 Å². The van der Waals surface area contributed by atoms with E-state index in [1.807, 2.05) is 34.6 Å². The minimum absolute atomic E-state index is 0.0666. The van der Waals surface area contributed by atoms with Gasteiger partial charge in [0.1, 0.15) is 23.5 Å². The summed E-state index contributed by atoms with van der Waals surface area (Å²) in [6.07, 6.45) is 15.1. The van der Waals surface area contributed by atoms with Crippen molar-refractivity contribution in [2.45, 2.75) is 179 Å². The molecule has 1 heterocycles. The van der Waals surface area contributed by atoms with Crippen LogP contribution < -0.4 is 9.47 Å². The zero-order valence-corrected chi connectivity index (χ0v) is 32.6. The minimum atomic E-state index is -1.18. The van der Waals surface area contributed by atoms with Crippen LogP contribution in [0.2, 0.25) is 0 Å². The molecule has 0 bridgehead atoms. The number of unbranched alkanes of at least 4 members (excludes halogenated alkanes) is 4. The summed E-state index contributed by atoms with van der Waals surface area (Å²) in [5, 5.41) is 0. The summed E-state index contributed by atoms with van der Waals surface area (Å²) in [5.74, 6) is 2.38. The van der Waals surface area contributed by atoms with Gasteiger partial charge in [-0.25, -0.2) is 0 Å². The number of carbonyl (C=O) groups excluding carboxylic acids is 2. The molecule has 0 saturated heterocycles. The van der Waals surface area contributed by atoms with Crippen LogP contribution >= 0.6 is 0 Å². The maximum Gasteiger partial charge on any atom is 0.323 e. The fourth-order valence-corrected chi connectivity index (χ4v) is 6.11. The van der Waals surface area contributed by atoms with Gasteiger partial charge in [0.15, 0.2) is 0 Å². The number of ether oxygens (including phenoxy) is 4. The quantitative estimate of drug-likeness (QED) is 0.0888. The largest absolute Gasteiger partial charge is 0.490 e. The lowest BCUT2D eigenvalue weighted by molar-refractivity contribution is -0.168. The van der Waals surface area contributed by atoms with E-state index in [1.54, 1.807) is 27.7 Å². The van der Waals surface area contributed by atoms with E-state index in [2.05, 4.69) is 27.7 Å². The normalized spacial score (nSPS) is 17.1. The zero-order chi connectivity index (χ0) is 35.6. The molecule has 0 aromatic heterocycles. The molecule has 6 nitrogen and oxygen atoms in total. The van der Waals surface area contributed by atoms with Crippen molar-refractivity contribution in [2.75, 3.05) is 13.2 Å². The van der Waals surface area contributed by atoms with Gasteiger partial charge in [-0.15, -0.1) is 0 Å². The predicted octanol–water partition coefficient (Wildman–Crippen LogP) is 10.8. The Balaban J connectivity index is 2.00. The Morgan fingerprint density at radius 3 is 2.00 bits per heavy atom. The molecule has 0 amide bonds. The van der Waals surface area contributed by atoms with Gasteiger partial charge in [0.25, 0.3) is 0 Å². The number of hydrogen-bond donors (Lipinski definition) is 0. The fourth-order valence-electron chi connectivity index (χ4n) is 6.11. The van der Waals surface area contributed by atoms with Gasteiger partial charge < -0.3 is 18.9 Å². The van der Waals surface area contributed by atoms with Crippen molar-refractivity contribution in [3.05, 3.63) is 22.3 Å². The number of benzene rings is 1. The molecule has 2 unspecified atom stereocenters. The summed E-state index contributed by atoms with van der Waals surface area (Å²) in [6.45, 7) is 26.0. The maximum absolute atomic E-state index is 13.8. The molecular formula is C41H70O6. The highest BCUT2D eigenvalue weighted by Crippen LogP contribution is 2.43. The second kappa shape index (κ2) is 18.1. The second-order valence-corrected chi connectivity index (χ2v) is 17.2. The summed E-state index contributed by atoms with van der Waals surface area (Å²) in [4.78, 5) is 26.4. The molecule has 47 heavy (non-hydrogen) atoms. The average Bonchev–Trinajstić information content (AvgIpc) is 2.98. The average molecular weight is 659 g/mol. The molecule has 0 N–H and O–H groups in total. The highest BCUT2D eigenvalue weighted by atomic mass is 16.6. The summed E-state index contributed by atoms with van der Waals surface area (Å²) < 4.78 is 24.5. The van der Waals surface area contributed by atoms with Crippen LogP contribution in [0.1, 0.15) is 162 Å². The Bertz CT molecular complexity index is 1150. The van der Waals surface area contributed by atoms with E-state index >= 15 is 0 Å². The summed E-state index contributed by atoms with van der Waals surface area (Å²) in [6, 6.07) is 0. The second-order valence-electron chi connectivity index (χ2n) is 17.2. The Kier molecular flexibility index (Phi) is 15.8. The smallest absolute Gasteiger partial charge is 0.323 e. The molecular weight excluding hydrogens is 588 g/mol. The molecule has 6 heteroatoms. The Labute approximate surface area is 288 Å². The van der Waals surface area contributed by atoms with Crippen LogP contribution in [0.3, 0.4) is 0 Å². The first-order valence-electron chi connectivity index (χ1n) is 18.6. The van der Waals surface area contributed by atoms with Crippen molar-refractivity contribution in [3.63, 3.8) is 0 Å². The molecule has 1 aliphatic rings. The molecule has 0 fully saturated rings. The van der Waals surface area contributed by atoms with Crippen molar-refractivity contribution in [2.24, 2.45) is 22.7 Å². The van der Waals surface area contributed by atoms with E-state index in [-0.39, 0.29) is 25.3 Å². The molecule has 0 saturated carbocycles. The van der Waals surface area contributed by atoms with E-state index < -0.39 is 22.4 Å². The molecule has 3 atom stereocenters. The number of rotatable bonds is 18. The molecule has 0 aliphatic carbocycles. The van der Waals surface area contributed by atoms with Crippen molar-refractivity contribution < 1.29 is 28.5 Å². The van der Waals surface area contributed by atoms with Gasteiger partial charge in [-0.05, 0) is 123 Å². The third-order valence-corrected chi connectivity index (χ3v) is 9.66. The Morgan fingerprint density at radius 1 is 0.766 bits per heavy atom. The molecule has 270 valence electrons. The Hall–Kier alpha value is -2.08. The van der Waals surface area contributed by atoms with Crippen LogP contribution in [-0.4, -0.2) is 36.9 Å². The molecule has 1 aromatic rings. The van der Waals surface area contributed by atoms with E-state index in [9.17, 15) is 9.59 Å². The lowest BCUT2D eigenvalue weighted by Crippen LogP contribution is -2.44. The lowest BCUT2D eigenvalue weighted by atomic mass is 9.89. The van der Waals surface area contributed by atoms with Crippen LogP contribution in [-0.2, 0) is 25.5 Å². The van der Waals surface area contributed by atoms with Gasteiger partial charge in [0.2, 0.25) is 0 Å². The van der Waals surface area contributed by atoms with Crippen LogP contribution in [0.25, 0.3) is 0 Å². The third-order valence-electron chi connectivity index (χ3n) is 9.66. The number of carbonyl (C=O) groups is 2. The van der Waals surface area contributed by atoms with E-state index in [1.165, 1.54) is 57.8 Å². The van der Waals surface area contributed by atoms with Crippen molar-refractivity contribution in [3.8, 4) is 11.5 Å². The van der Waals surface area contributed by atoms with E-state index in [0.29, 0.717) is 5.75 Å². The van der Waals surface area contributed by atoms with Crippen LogP contribution in [0.4, 0.5) is 0 Å². The SMILES string of the molecule is Cc1c(C)c2c(c(C)c1OC(=O)C(C)(COC(=O)C(C)(C)C)COC(C)(C)C)CCC(CCCCCCC[C@H](C)CCCC(C)C)O2. The molecule has 0 radical (unpaired) electrons. The molecule has 1 aromatic carbocycles. The van der Waals surface area contributed by atoms with Gasteiger partial charge >= 0.3 is 11.9 Å². The summed E-state index contributed by atoms with van der Waals surface area (Å²) in [7, 11) is 0. The fraction of sp³-hybridized carbons (Fsp3) is 0.805. The predicted molar refractivity (Wildman–Crippen MR) is 193 cm³/mol. The number of esters is 2. The third kappa shape index (κ3) is 13.4. The topological polar surface area (TPSA) is 71.1 Å². The van der Waals surface area contributed by atoms with Gasteiger partial charge in [-0.1, -0.05) is 72.1 Å². The minimum Gasteiger partial charge on any atom is -0.490 e. The number of fused-ring (bicyclic) bond motifs is 1. The maximum atomic E-state index is 13.8. The highest BCUT2D eigenvalue weighted by molar-refractivity contribution is 5.81. The first-order valence-corrected chi connectivity index (χ1v) is 18.6. The van der Waals surface area contributed by atoms with Crippen LogP contribution in [0.15, 0.2) is 0 Å². The number of hydrogen-bond acceptors (Lipinski definition) is 6. The van der Waals surface area contributed by atoms with Crippen molar-refractivity contribution in [1.82, 2.24) is 0 Å². The van der Waals surface area contributed by atoms with E-state index in [0.717, 1.165) is 59.1 Å². The first-order chi connectivity index (χ1) is 21.7. The molecule has 2 rings (SSSR count). The molecule has 0 spiro atoms. The van der Waals surface area contributed by atoms with Crippen LogP contribution in [0, 0.1) is 43.4 Å². The molecule has 1 aliphatic heterocycles. The van der Waals surface area contributed by atoms with E-state index in [4.69, 9.17) is 18.9 Å². The van der Waals surface area contributed by atoms with Crippen LogP contribution in [0.5, 0.6) is 11.5 Å². The summed E-state index contributed by atoms with van der Waals surface area (Å²) >= 11 is 0. The van der Waals surface area contributed by atoms with Gasteiger partial charge in [-0.2, -0.15) is 0 Å². The standard InChI is InChI=1S/C41H70O6/c1-28(2)20-19-22-29(3)21-17-15-14-16-18-23-33-24-25-34-32(6)35(30(4)31(5)36(34)46-33)47-38(43)41(13,27-45-40(10,11)12)26-44-37(42)39(7,8)9/h28-29,33H,14-27H2,1-13H3/t29-,33?,41?/m0/s1. The zero-order valence-electron chi connectivity index (χ0n) is 32.6. The lowest BCUT2D eigenvalue weighted by Gasteiger charge is -2.33. The van der Waals surface area contributed by atoms with Crippen molar-refractivity contribution >= 4 is 11.9 Å². The highest BCUT2D eigenvalue weighted by Gasteiger charge is 2.41.